The molecular formula is C13H20ClFN2O2S. The lowest BCUT2D eigenvalue weighted by atomic mass is 10.1. The van der Waals surface area contributed by atoms with E-state index in [1.807, 2.05) is 13.8 Å². The van der Waals surface area contributed by atoms with E-state index in [0.29, 0.717) is 18.7 Å². The van der Waals surface area contributed by atoms with Gasteiger partial charge in [-0.1, -0.05) is 12.1 Å². The Balaban J connectivity index is 0.00000200. The van der Waals surface area contributed by atoms with Gasteiger partial charge < -0.3 is 5.32 Å². The van der Waals surface area contributed by atoms with Gasteiger partial charge in [0.05, 0.1) is 5.75 Å². The molecule has 0 aromatic heterocycles. The topological polar surface area (TPSA) is 49.4 Å². The summed E-state index contributed by atoms with van der Waals surface area (Å²) < 4.78 is 39.4. The molecule has 0 saturated carbocycles. The molecule has 0 spiro atoms. The number of nitrogens with zero attached hydrogens (tertiary/aromatic N) is 1. The summed E-state index contributed by atoms with van der Waals surface area (Å²) in [5, 5.41) is 3.24. The number of hydrogen-bond donors (Lipinski definition) is 1. The molecule has 1 N–H and O–H groups in total. The van der Waals surface area contributed by atoms with Crippen LogP contribution in [0.4, 0.5) is 4.39 Å². The number of benzene rings is 1. The minimum absolute atomic E-state index is 0. The highest BCUT2D eigenvalue weighted by atomic mass is 35.5. The first kappa shape index (κ1) is 17.4. The molecule has 4 nitrogen and oxygen atoms in total. The maximum absolute atomic E-state index is 13.1. The van der Waals surface area contributed by atoms with Gasteiger partial charge in [-0.25, -0.2) is 12.8 Å². The third kappa shape index (κ3) is 3.91. The fourth-order valence-electron chi connectivity index (χ4n) is 2.34. The van der Waals surface area contributed by atoms with Crippen LogP contribution in [0.5, 0.6) is 0 Å². The van der Waals surface area contributed by atoms with Crippen LogP contribution in [0, 0.1) is 5.82 Å². The van der Waals surface area contributed by atoms with E-state index in [4.69, 9.17) is 0 Å². The Bertz CT molecular complexity index is 553. The molecule has 114 valence electrons. The SMILES string of the molecule is CC1NCCN(S(=O)(=O)Cc2cccc(F)c2)C1C.Cl. The quantitative estimate of drug-likeness (QED) is 0.922. The van der Waals surface area contributed by atoms with Gasteiger partial charge in [0.15, 0.2) is 0 Å². The number of nitrogens with one attached hydrogen (secondary N) is 1. The van der Waals surface area contributed by atoms with Crippen molar-refractivity contribution in [3.8, 4) is 0 Å². The Labute approximate surface area is 125 Å². The van der Waals surface area contributed by atoms with Gasteiger partial charge in [0, 0.05) is 25.2 Å². The highest BCUT2D eigenvalue weighted by molar-refractivity contribution is 7.88. The lowest BCUT2D eigenvalue weighted by Crippen LogP contribution is -2.57. The summed E-state index contributed by atoms with van der Waals surface area (Å²) in [5.74, 6) is -0.559. The van der Waals surface area contributed by atoms with E-state index in [2.05, 4.69) is 5.32 Å². The minimum atomic E-state index is -3.41. The smallest absolute Gasteiger partial charge is 0.218 e. The third-order valence-corrected chi connectivity index (χ3v) is 5.50. The number of rotatable bonds is 3. The Kier molecular flexibility index (Phi) is 5.94. The zero-order valence-corrected chi connectivity index (χ0v) is 13.2. The fourth-order valence-corrected chi connectivity index (χ4v) is 4.16. The number of halogens is 2. The van der Waals surface area contributed by atoms with Crippen LogP contribution in [0.15, 0.2) is 24.3 Å². The molecule has 1 aromatic carbocycles. The monoisotopic (exact) mass is 322 g/mol. The van der Waals surface area contributed by atoms with Crippen molar-refractivity contribution in [3.05, 3.63) is 35.6 Å². The van der Waals surface area contributed by atoms with Gasteiger partial charge in [-0.2, -0.15) is 4.31 Å². The predicted octanol–water partition coefficient (Wildman–Crippen LogP) is 1.76. The first-order valence-corrected chi connectivity index (χ1v) is 7.98. The number of sulfonamides is 1. The van der Waals surface area contributed by atoms with Crippen molar-refractivity contribution < 1.29 is 12.8 Å². The third-order valence-electron chi connectivity index (χ3n) is 3.57. The van der Waals surface area contributed by atoms with Gasteiger partial charge in [-0.05, 0) is 31.5 Å². The normalized spacial score (nSPS) is 24.1. The lowest BCUT2D eigenvalue weighted by molar-refractivity contribution is 0.232. The van der Waals surface area contributed by atoms with Crippen LogP contribution in [0.1, 0.15) is 19.4 Å². The molecule has 2 rings (SSSR count). The van der Waals surface area contributed by atoms with Gasteiger partial charge in [0.1, 0.15) is 5.82 Å². The lowest BCUT2D eigenvalue weighted by Gasteiger charge is -2.37. The maximum Gasteiger partial charge on any atom is 0.218 e. The van der Waals surface area contributed by atoms with Gasteiger partial charge in [0.2, 0.25) is 10.0 Å². The molecule has 1 saturated heterocycles. The summed E-state index contributed by atoms with van der Waals surface area (Å²) in [6.45, 7) is 4.96. The van der Waals surface area contributed by atoms with Crippen molar-refractivity contribution in [1.29, 1.82) is 0 Å². The van der Waals surface area contributed by atoms with Crippen LogP contribution >= 0.6 is 12.4 Å². The average Bonchev–Trinajstić information content (AvgIpc) is 2.32. The molecule has 1 heterocycles. The molecule has 0 bridgehead atoms. The highest BCUT2D eigenvalue weighted by Crippen LogP contribution is 2.18. The first-order chi connectivity index (χ1) is 8.90. The molecule has 20 heavy (non-hydrogen) atoms. The second-order valence-corrected chi connectivity index (χ2v) is 6.90. The summed E-state index contributed by atoms with van der Waals surface area (Å²) in [6, 6.07) is 5.78. The summed E-state index contributed by atoms with van der Waals surface area (Å²) in [5.41, 5.74) is 0.485. The summed E-state index contributed by atoms with van der Waals surface area (Å²) in [7, 11) is -3.41. The number of piperazine rings is 1. The van der Waals surface area contributed by atoms with E-state index in [0.717, 1.165) is 0 Å². The van der Waals surface area contributed by atoms with Crippen LogP contribution in [-0.2, 0) is 15.8 Å². The molecular weight excluding hydrogens is 303 g/mol. The Morgan fingerprint density at radius 2 is 2.10 bits per heavy atom. The van der Waals surface area contributed by atoms with E-state index in [1.54, 1.807) is 6.07 Å². The van der Waals surface area contributed by atoms with Crippen molar-refractivity contribution in [3.63, 3.8) is 0 Å². The van der Waals surface area contributed by atoms with E-state index in [1.165, 1.54) is 22.5 Å². The zero-order chi connectivity index (χ0) is 14.0. The number of hydrogen-bond acceptors (Lipinski definition) is 3. The van der Waals surface area contributed by atoms with Crippen LogP contribution in [0.3, 0.4) is 0 Å². The summed E-state index contributed by atoms with van der Waals surface area (Å²) >= 11 is 0. The standard InChI is InChI=1S/C13H19FN2O2S.ClH/c1-10-11(2)16(7-6-15-10)19(17,18)9-12-4-3-5-13(14)8-12;/h3-5,8,10-11,15H,6-7,9H2,1-2H3;1H. The molecule has 0 aliphatic carbocycles. The van der Waals surface area contributed by atoms with Crippen LogP contribution < -0.4 is 5.32 Å². The molecule has 7 heteroatoms. The average molecular weight is 323 g/mol. The van der Waals surface area contributed by atoms with E-state index in [-0.39, 0.29) is 30.2 Å². The molecule has 1 aliphatic heterocycles. The van der Waals surface area contributed by atoms with Crippen molar-refractivity contribution >= 4 is 22.4 Å². The Morgan fingerprint density at radius 3 is 2.75 bits per heavy atom. The van der Waals surface area contributed by atoms with Gasteiger partial charge in [-0.3, -0.25) is 0 Å². The Morgan fingerprint density at radius 1 is 1.40 bits per heavy atom. The minimum Gasteiger partial charge on any atom is -0.311 e. The molecule has 1 fully saturated rings. The molecule has 1 aromatic rings. The van der Waals surface area contributed by atoms with Crippen LogP contribution in [-0.4, -0.2) is 37.9 Å². The molecule has 1 aliphatic rings. The van der Waals surface area contributed by atoms with E-state index < -0.39 is 15.8 Å². The van der Waals surface area contributed by atoms with Crippen molar-refractivity contribution in [2.75, 3.05) is 13.1 Å². The van der Waals surface area contributed by atoms with E-state index >= 15 is 0 Å². The maximum atomic E-state index is 13.1. The van der Waals surface area contributed by atoms with Crippen LogP contribution in [0.2, 0.25) is 0 Å². The largest absolute Gasteiger partial charge is 0.311 e. The van der Waals surface area contributed by atoms with Gasteiger partial charge in [0.25, 0.3) is 0 Å². The van der Waals surface area contributed by atoms with Crippen LogP contribution in [0.25, 0.3) is 0 Å². The molecule has 0 amide bonds. The highest BCUT2D eigenvalue weighted by Gasteiger charge is 2.33. The summed E-state index contributed by atoms with van der Waals surface area (Å²) in [4.78, 5) is 0. The van der Waals surface area contributed by atoms with Crippen molar-refractivity contribution in [1.82, 2.24) is 9.62 Å². The Hall–Kier alpha value is -0.690. The molecule has 0 radical (unpaired) electrons. The second-order valence-electron chi connectivity index (χ2n) is 4.98. The van der Waals surface area contributed by atoms with E-state index in [9.17, 15) is 12.8 Å². The zero-order valence-electron chi connectivity index (χ0n) is 11.5. The van der Waals surface area contributed by atoms with Crippen molar-refractivity contribution in [2.24, 2.45) is 0 Å². The van der Waals surface area contributed by atoms with Gasteiger partial charge >= 0.3 is 0 Å². The first-order valence-electron chi connectivity index (χ1n) is 6.37. The molecule has 2 atom stereocenters. The summed E-state index contributed by atoms with van der Waals surface area (Å²) in [6.07, 6.45) is 0. The van der Waals surface area contributed by atoms with Gasteiger partial charge in [-0.15, -0.1) is 12.4 Å². The molecule has 2 unspecified atom stereocenters. The predicted molar refractivity (Wildman–Crippen MR) is 79.9 cm³/mol. The second kappa shape index (κ2) is 6.85. The fraction of sp³-hybridized carbons (Fsp3) is 0.538. The van der Waals surface area contributed by atoms with Crippen molar-refractivity contribution in [2.45, 2.75) is 31.7 Å².